The normalized spacial score (nSPS) is 13.5. The lowest BCUT2D eigenvalue weighted by Crippen LogP contribution is -2.15. The van der Waals surface area contributed by atoms with E-state index in [0.29, 0.717) is 11.7 Å². The second-order valence-electron chi connectivity index (χ2n) is 5.73. The SMILES string of the molecule is CN(C)c1cccc(NC(=O)c2cccc(NC3CC3)n2)c1. The third-order valence-corrected chi connectivity index (χ3v) is 3.53. The van der Waals surface area contributed by atoms with Crippen molar-refractivity contribution >= 4 is 23.1 Å². The molecule has 0 saturated heterocycles. The molecule has 1 aromatic heterocycles. The summed E-state index contributed by atoms with van der Waals surface area (Å²) in [5.74, 6) is 0.563. The van der Waals surface area contributed by atoms with E-state index in [2.05, 4.69) is 15.6 Å². The lowest BCUT2D eigenvalue weighted by atomic mass is 10.2. The number of pyridine rings is 1. The van der Waals surface area contributed by atoms with Crippen LogP contribution >= 0.6 is 0 Å². The Balaban J connectivity index is 1.72. The fraction of sp³-hybridized carbons (Fsp3) is 0.294. The molecular formula is C17H20N4O. The molecular weight excluding hydrogens is 276 g/mol. The largest absolute Gasteiger partial charge is 0.378 e. The Morgan fingerprint density at radius 3 is 2.68 bits per heavy atom. The zero-order valence-corrected chi connectivity index (χ0v) is 12.8. The van der Waals surface area contributed by atoms with E-state index < -0.39 is 0 Å². The molecule has 0 atom stereocenters. The molecule has 2 aromatic rings. The molecule has 0 unspecified atom stereocenters. The summed E-state index contributed by atoms with van der Waals surface area (Å²) in [6.07, 6.45) is 2.35. The van der Waals surface area contributed by atoms with Gasteiger partial charge in [0.2, 0.25) is 0 Å². The molecule has 0 spiro atoms. The molecule has 1 aromatic carbocycles. The molecule has 0 bridgehead atoms. The van der Waals surface area contributed by atoms with Gasteiger partial charge in [-0.1, -0.05) is 12.1 Å². The van der Waals surface area contributed by atoms with Crippen molar-refractivity contribution in [2.24, 2.45) is 0 Å². The maximum Gasteiger partial charge on any atom is 0.274 e. The molecule has 114 valence electrons. The van der Waals surface area contributed by atoms with Gasteiger partial charge in [-0.3, -0.25) is 4.79 Å². The molecule has 1 saturated carbocycles. The number of carbonyl (C=O) groups excluding carboxylic acids is 1. The number of anilines is 3. The van der Waals surface area contributed by atoms with Gasteiger partial charge in [0.25, 0.3) is 5.91 Å². The van der Waals surface area contributed by atoms with E-state index in [1.165, 1.54) is 12.8 Å². The van der Waals surface area contributed by atoms with Gasteiger partial charge in [0, 0.05) is 31.5 Å². The number of amides is 1. The fourth-order valence-electron chi connectivity index (χ4n) is 2.14. The lowest BCUT2D eigenvalue weighted by molar-refractivity contribution is 0.102. The smallest absolute Gasteiger partial charge is 0.274 e. The second kappa shape index (κ2) is 6.05. The molecule has 5 nitrogen and oxygen atoms in total. The Morgan fingerprint density at radius 2 is 1.95 bits per heavy atom. The molecule has 5 heteroatoms. The first-order chi connectivity index (χ1) is 10.6. The van der Waals surface area contributed by atoms with Gasteiger partial charge in [-0.25, -0.2) is 4.98 Å². The molecule has 1 aliphatic carbocycles. The first-order valence-electron chi connectivity index (χ1n) is 7.44. The van der Waals surface area contributed by atoms with Crippen molar-refractivity contribution in [3.63, 3.8) is 0 Å². The van der Waals surface area contributed by atoms with Gasteiger partial charge in [-0.05, 0) is 43.2 Å². The highest BCUT2D eigenvalue weighted by Crippen LogP contribution is 2.24. The standard InChI is InChI=1S/C17H20N4O/c1-21(2)14-6-3-5-13(11-14)19-17(22)15-7-4-8-16(20-15)18-12-9-10-12/h3-8,11-12H,9-10H2,1-2H3,(H,18,20)(H,19,22). The molecule has 2 N–H and O–H groups in total. The van der Waals surface area contributed by atoms with Crippen molar-refractivity contribution in [1.82, 2.24) is 4.98 Å². The van der Waals surface area contributed by atoms with Gasteiger partial charge in [-0.15, -0.1) is 0 Å². The summed E-state index contributed by atoms with van der Waals surface area (Å²) in [7, 11) is 3.94. The minimum atomic E-state index is -0.199. The minimum Gasteiger partial charge on any atom is -0.378 e. The summed E-state index contributed by atoms with van der Waals surface area (Å²) < 4.78 is 0. The van der Waals surface area contributed by atoms with Gasteiger partial charge in [-0.2, -0.15) is 0 Å². The van der Waals surface area contributed by atoms with Crippen LogP contribution in [0.5, 0.6) is 0 Å². The van der Waals surface area contributed by atoms with Crippen LogP contribution < -0.4 is 15.5 Å². The molecule has 3 rings (SSSR count). The van der Waals surface area contributed by atoms with Crippen LogP contribution in [0.25, 0.3) is 0 Å². The lowest BCUT2D eigenvalue weighted by Gasteiger charge is -2.14. The Labute approximate surface area is 130 Å². The van der Waals surface area contributed by atoms with E-state index in [1.54, 1.807) is 6.07 Å². The van der Waals surface area contributed by atoms with Crippen LogP contribution in [0.4, 0.5) is 17.2 Å². The maximum absolute atomic E-state index is 12.3. The average molecular weight is 296 g/mol. The molecule has 1 aliphatic rings. The van der Waals surface area contributed by atoms with Gasteiger partial charge in [0.1, 0.15) is 11.5 Å². The average Bonchev–Trinajstić information content (AvgIpc) is 3.31. The maximum atomic E-state index is 12.3. The van der Waals surface area contributed by atoms with Crippen LogP contribution in [0.3, 0.4) is 0 Å². The number of benzene rings is 1. The number of nitrogens with one attached hydrogen (secondary N) is 2. The molecule has 1 amide bonds. The Hall–Kier alpha value is -2.56. The number of carbonyl (C=O) groups is 1. The topological polar surface area (TPSA) is 57.3 Å². The summed E-state index contributed by atoms with van der Waals surface area (Å²) in [5, 5.41) is 6.20. The molecule has 1 heterocycles. The number of hydrogen-bond donors (Lipinski definition) is 2. The highest BCUT2D eigenvalue weighted by atomic mass is 16.1. The predicted octanol–water partition coefficient (Wildman–Crippen LogP) is 2.97. The van der Waals surface area contributed by atoms with Crippen LogP contribution in [0.15, 0.2) is 42.5 Å². The number of aromatic nitrogens is 1. The van der Waals surface area contributed by atoms with Crippen molar-refractivity contribution in [2.75, 3.05) is 29.6 Å². The minimum absolute atomic E-state index is 0.199. The van der Waals surface area contributed by atoms with Gasteiger partial charge in [0.05, 0.1) is 0 Å². The monoisotopic (exact) mass is 296 g/mol. The predicted molar refractivity (Wildman–Crippen MR) is 89.6 cm³/mol. The quantitative estimate of drug-likeness (QED) is 0.890. The van der Waals surface area contributed by atoms with E-state index >= 15 is 0 Å². The second-order valence-corrected chi connectivity index (χ2v) is 5.73. The van der Waals surface area contributed by atoms with E-state index in [9.17, 15) is 4.79 Å². The molecule has 0 aliphatic heterocycles. The Bertz CT molecular complexity index is 680. The van der Waals surface area contributed by atoms with Crippen molar-refractivity contribution in [2.45, 2.75) is 18.9 Å². The number of nitrogens with zero attached hydrogens (tertiary/aromatic N) is 2. The van der Waals surface area contributed by atoms with Crippen LogP contribution in [0.1, 0.15) is 23.3 Å². The summed E-state index contributed by atoms with van der Waals surface area (Å²) in [5.41, 5.74) is 2.22. The van der Waals surface area contributed by atoms with Crippen LogP contribution in [0, 0.1) is 0 Å². The molecule has 22 heavy (non-hydrogen) atoms. The van der Waals surface area contributed by atoms with Crippen molar-refractivity contribution < 1.29 is 4.79 Å². The van der Waals surface area contributed by atoms with Crippen LogP contribution in [0.2, 0.25) is 0 Å². The molecule has 1 fully saturated rings. The number of hydrogen-bond acceptors (Lipinski definition) is 4. The fourth-order valence-corrected chi connectivity index (χ4v) is 2.14. The van der Waals surface area contributed by atoms with E-state index in [0.717, 1.165) is 17.2 Å². The Kier molecular flexibility index (Phi) is 3.96. The summed E-state index contributed by atoms with van der Waals surface area (Å²) in [6, 6.07) is 13.7. The first-order valence-corrected chi connectivity index (χ1v) is 7.44. The third kappa shape index (κ3) is 3.55. The zero-order valence-electron chi connectivity index (χ0n) is 12.8. The highest BCUT2D eigenvalue weighted by molar-refractivity contribution is 6.03. The zero-order chi connectivity index (χ0) is 15.5. The van der Waals surface area contributed by atoms with Crippen LogP contribution in [-0.2, 0) is 0 Å². The Morgan fingerprint density at radius 1 is 1.18 bits per heavy atom. The van der Waals surface area contributed by atoms with Crippen LogP contribution in [-0.4, -0.2) is 31.0 Å². The molecule has 0 radical (unpaired) electrons. The van der Waals surface area contributed by atoms with Crippen molar-refractivity contribution in [3.05, 3.63) is 48.2 Å². The summed E-state index contributed by atoms with van der Waals surface area (Å²) in [4.78, 5) is 18.7. The summed E-state index contributed by atoms with van der Waals surface area (Å²) in [6.45, 7) is 0. The van der Waals surface area contributed by atoms with Gasteiger partial charge in [0.15, 0.2) is 0 Å². The first kappa shape index (κ1) is 14.4. The van der Waals surface area contributed by atoms with Crippen molar-refractivity contribution in [1.29, 1.82) is 0 Å². The van der Waals surface area contributed by atoms with Gasteiger partial charge < -0.3 is 15.5 Å². The third-order valence-electron chi connectivity index (χ3n) is 3.53. The van der Waals surface area contributed by atoms with E-state index in [4.69, 9.17) is 0 Å². The van der Waals surface area contributed by atoms with Gasteiger partial charge >= 0.3 is 0 Å². The number of rotatable bonds is 5. The summed E-state index contributed by atoms with van der Waals surface area (Å²) >= 11 is 0. The van der Waals surface area contributed by atoms with E-state index in [1.807, 2.05) is 55.4 Å². The highest BCUT2D eigenvalue weighted by Gasteiger charge is 2.21. The van der Waals surface area contributed by atoms with Crippen molar-refractivity contribution in [3.8, 4) is 0 Å². The van der Waals surface area contributed by atoms with E-state index in [-0.39, 0.29) is 5.91 Å².